The number of nitrogens with zero attached hydrogens (tertiary/aromatic N) is 1. The highest BCUT2D eigenvalue weighted by Crippen LogP contribution is 2.23. The summed E-state index contributed by atoms with van der Waals surface area (Å²) in [5.41, 5.74) is 4.37. The van der Waals surface area contributed by atoms with Crippen molar-refractivity contribution < 1.29 is 4.79 Å². The number of H-pyrrole nitrogens is 1. The van der Waals surface area contributed by atoms with Gasteiger partial charge in [-0.1, -0.05) is 6.92 Å². The van der Waals surface area contributed by atoms with Gasteiger partial charge in [-0.15, -0.1) is 0 Å². The van der Waals surface area contributed by atoms with Gasteiger partial charge < -0.3 is 15.2 Å². The summed E-state index contributed by atoms with van der Waals surface area (Å²) in [4.78, 5) is 18.1. The Kier molecular flexibility index (Phi) is 4.48. The summed E-state index contributed by atoms with van der Waals surface area (Å²) >= 11 is 0. The summed E-state index contributed by atoms with van der Waals surface area (Å²) < 4.78 is 0. The molecule has 4 heteroatoms. The van der Waals surface area contributed by atoms with E-state index in [0.29, 0.717) is 0 Å². The summed E-state index contributed by atoms with van der Waals surface area (Å²) in [6.45, 7) is 8.28. The first-order chi connectivity index (χ1) is 10.7. The van der Waals surface area contributed by atoms with E-state index >= 15 is 0 Å². The van der Waals surface area contributed by atoms with Crippen LogP contribution in [0.1, 0.15) is 41.4 Å². The van der Waals surface area contributed by atoms with Gasteiger partial charge in [0.15, 0.2) is 0 Å². The largest absolute Gasteiger partial charge is 0.358 e. The maximum Gasteiger partial charge on any atom is 0.251 e. The maximum absolute atomic E-state index is 12.3. The first-order valence-electron chi connectivity index (χ1n) is 8.31. The first-order valence-corrected chi connectivity index (χ1v) is 8.31. The summed E-state index contributed by atoms with van der Waals surface area (Å²) in [6.07, 6.45) is 3.56. The minimum Gasteiger partial charge on any atom is -0.358 e. The van der Waals surface area contributed by atoms with Gasteiger partial charge in [-0.3, -0.25) is 4.79 Å². The molecule has 0 bridgehead atoms. The highest BCUT2D eigenvalue weighted by molar-refractivity contribution is 5.99. The molecule has 4 nitrogen and oxygen atoms in total. The number of carbonyl (C=O) groups excluding carboxylic acids is 1. The molecule has 0 radical (unpaired) electrons. The fourth-order valence-corrected chi connectivity index (χ4v) is 3.31. The Morgan fingerprint density at radius 2 is 2.09 bits per heavy atom. The van der Waals surface area contributed by atoms with Gasteiger partial charge in [-0.25, -0.2) is 0 Å². The molecular formula is C18H25N3O. The second-order valence-corrected chi connectivity index (χ2v) is 6.15. The summed E-state index contributed by atoms with van der Waals surface area (Å²) in [5, 5.41) is 4.20. The predicted molar refractivity (Wildman–Crippen MR) is 90.4 cm³/mol. The van der Waals surface area contributed by atoms with Gasteiger partial charge in [0.25, 0.3) is 5.91 Å². The van der Waals surface area contributed by atoms with Crippen molar-refractivity contribution in [1.82, 2.24) is 15.2 Å². The molecule has 2 aromatic rings. The molecule has 1 aromatic heterocycles. The molecule has 1 aliphatic heterocycles. The molecule has 118 valence electrons. The van der Waals surface area contributed by atoms with Crippen LogP contribution in [0.5, 0.6) is 0 Å². The Morgan fingerprint density at radius 3 is 2.82 bits per heavy atom. The van der Waals surface area contributed by atoms with E-state index in [4.69, 9.17) is 0 Å². The van der Waals surface area contributed by atoms with Crippen LogP contribution < -0.4 is 5.32 Å². The number of aryl methyl sites for hydroxylation is 2. The van der Waals surface area contributed by atoms with Crippen LogP contribution >= 0.6 is 0 Å². The van der Waals surface area contributed by atoms with Crippen molar-refractivity contribution >= 4 is 16.8 Å². The second-order valence-electron chi connectivity index (χ2n) is 6.15. The van der Waals surface area contributed by atoms with Crippen LogP contribution in [-0.4, -0.2) is 42.0 Å². The Bertz CT molecular complexity index is 668. The molecule has 2 heterocycles. The average Bonchev–Trinajstić information content (AvgIpc) is 3.15. The van der Waals surface area contributed by atoms with Crippen LogP contribution in [0.4, 0.5) is 0 Å². The summed E-state index contributed by atoms with van der Waals surface area (Å²) in [5.74, 6) is 0.0275. The molecule has 0 saturated carbocycles. The molecule has 2 N–H and O–H groups in total. The fourth-order valence-electron chi connectivity index (χ4n) is 3.31. The Morgan fingerprint density at radius 1 is 1.32 bits per heavy atom. The Hall–Kier alpha value is -1.81. The second kappa shape index (κ2) is 6.53. The van der Waals surface area contributed by atoms with Gasteiger partial charge in [0.05, 0.1) is 0 Å². The lowest BCUT2D eigenvalue weighted by Crippen LogP contribution is -2.33. The van der Waals surface area contributed by atoms with E-state index in [1.165, 1.54) is 37.2 Å². The summed E-state index contributed by atoms with van der Waals surface area (Å²) in [7, 11) is 0. The lowest BCUT2D eigenvalue weighted by atomic mass is 10.1. The van der Waals surface area contributed by atoms with E-state index in [9.17, 15) is 4.79 Å². The molecule has 1 amide bonds. The normalized spacial score (nSPS) is 15.5. The van der Waals surface area contributed by atoms with E-state index in [-0.39, 0.29) is 5.91 Å². The van der Waals surface area contributed by atoms with Crippen molar-refractivity contribution in [3.63, 3.8) is 0 Å². The van der Waals surface area contributed by atoms with Crippen molar-refractivity contribution in [3.8, 4) is 0 Å². The Labute approximate surface area is 131 Å². The molecule has 0 spiro atoms. The van der Waals surface area contributed by atoms with Gasteiger partial charge >= 0.3 is 0 Å². The Balaban J connectivity index is 1.66. The van der Waals surface area contributed by atoms with Gasteiger partial charge in [-0.05, 0) is 63.0 Å². The SMILES string of the molecule is CCc1[nH]c2ccc(C(=O)NCCN3CCCC3)cc2c1C. The number of nitrogens with one attached hydrogen (secondary N) is 2. The van der Waals surface area contributed by atoms with Crippen LogP contribution in [0.25, 0.3) is 10.9 Å². The van der Waals surface area contributed by atoms with Crippen molar-refractivity contribution in [2.45, 2.75) is 33.1 Å². The number of amides is 1. The van der Waals surface area contributed by atoms with Crippen LogP contribution in [0.2, 0.25) is 0 Å². The zero-order chi connectivity index (χ0) is 15.5. The fraction of sp³-hybridized carbons (Fsp3) is 0.500. The zero-order valence-corrected chi connectivity index (χ0v) is 13.5. The topological polar surface area (TPSA) is 48.1 Å². The van der Waals surface area contributed by atoms with Crippen LogP contribution in [0.3, 0.4) is 0 Å². The van der Waals surface area contributed by atoms with Crippen molar-refractivity contribution in [3.05, 3.63) is 35.0 Å². The maximum atomic E-state index is 12.3. The summed E-state index contributed by atoms with van der Waals surface area (Å²) in [6, 6.07) is 5.92. The van der Waals surface area contributed by atoms with Crippen LogP contribution in [-0.2, 0) is 6.42 Å². The van der Waals surface area contributed by atoms with E-state index in [2.05, 4.69) is 29.0 Å². The van der Waals surface area contributed by atoms with Gasteiger partial charge in [0, 0.05) is 35.2 Å². The average molecular weight is 299 g/mol. The zero-order valence-electron chi connectivity index (χ0n) is 13.5. The third-order valence-electron chi connectivity index (χ3n) is 4.69. The number of hydrogen-bond acceptors (Lipinski definition) is 2. The number of carbonyl (C=O) groups is 1. The van der Waals surface area contributed by atoms with Gasteiger partial charge in [0.2, 0.25) is 0 Å². The van der Waals surface area contributed by atoms with Crippen LogP contribution in [0.15, 0.2) is 18.2 Å². The van der Waals surface area contributed by atoms with Gasteiger partial charge in [-0.2, -0.15) is 0 Å². The third kappa shape index (κ3) is 3.02. The molecule has 0 aliphatic carbocycles. The highest BCUT2D eigenvalue weighted by atomic mass is 16.1. The van der Waals surface area contributed by atoms with Crippen molar-refractivity contribution in [2.24, 2.45) is 0 Å². The smallest absolute Gasteiger partial charge is 0.251 e. The number of aromatic amines is 1. The number of benzene rings is 1. The quantitative estimate of drug-likeness (QED) is 0.892. The predicted octanol–water partition coefficient (Wildman–Crippen LogP) is 2.86. The number of aromatic nitrogens is 1. The first kappa shape index (κ1) is 15.1. The monoisotopic (exact) mass is 299 g/mol. The van der Waals surface area contributed by atoms with Crippen molar-refractivity contribution in [2.75, 3.05) is 26.2 Å². The molecule has 0 atom stereocenters. The highest BCUT2D eigenvalue weighted by Gasteiger charge is 2.13. The molecule has 0 unspecified atom stereocenters. The van der Waals surface area contributed by atoms with E-state index in [1.807, 2.05) is 18.2 Å². The van der Waals surface area contributed by atoms with E-state index in [1.54, 1.807) is 0 Å². The van der Waals surface area contributed by atoms with Crippen LogP contribution in [0, 0.1) is 6.92 Å². The number of fused-ring (bicyclic) bond motifs is 1. The third-order valence-corrected chi connectivity index (χ3v) is 4.69. The molecule has 1 saturated heterocycles. The molecule has 22 heavy (non-hydrogen) atoms. The molecule has 1 aromatic carbocycles. The van der Waals surface area contributed by atoms with Crippen molar-refractivity contribution in [1.29, 1.82) is 0 Å². The van der Waals surface area contributed by atoms with Gasteiger partial charge in [0.1, 0.15) is 0 Å². The minimum atomic E-state index is 0.0275. The van der Waals surface area contributed by atoms with E-state index in [0.717, 1.165) is 36.0 Å². The van der Waals surface area contributed by atoms with E-state index < -0.39 is 0 Å². The minimum absolute atomic E-state index is 0.0275. The standard InChI is InChI=1S/C18H25N3O/c1-3-16-13(2)15-12-14(6-7-17(15)20-16)18(22)19-8-11-21-9-4-5-10-21/h6-7,12,20H,3-5,8-11H2,1-2H3,(H,19,22). The molecule has 1 aliphatic rings. The molecule has 1 fully saturated rings. The molecular weight excluding hydrogens is 274 g/mol. The lowest BCUT2D eigenvalue weighted by Gasteiger charge is -2.14. The lowest BCUT2D eigenvalue weighted by molar-refractivity contribution is 0.0950. The number of rotatable bonds is 5. The number of likely N-dealkylation sites (tertiary alicyclic amines) is 1. The number of hydrogen-bond donors (Lipinski definition) is 2. The molecule has 3 rings (SSSR count).